The number of carbonyl (C=O) groups is 1. The maximum atomic E-state index is 11.0. The van der Waals surface area contributed by atoms with E-state index in [-0.39, 0.29) is 5.91 Å². The SMILES string of the molecule is CC(=O)NCCc1ccc(S)cc1-c1cccc(C)c1. The van der Waals surface area contributed by atoms with Gasteiger partial charge < -0.3 is 5.32 Å². The van der Waals surface area contributed by atoms with E-state index in [4.69, 9.17) is 0 Å². The summed E-state index contributed by atoms with van der Waals surface area (Å²) in [4.78, 5) is 11.9. The van der Waals surface area contributed by atoms with Gasteiger partial charge in [0.1, 0.15) is 0 Å². The largest absolute Gasteiger partial charge is 0.356 e. The quantitative estimate of drug-likeness (QED) is 0.825. The lowest BCUT2D eigenvalue weighted by Crippen LogP contribution is -2.22. The highest BCUT2D eigenvalue weighted by Crippen LogP contribution is 2.27. The van der Waals surface area contributed by atoms with Gasteiger partial charge in [-0.1, -0.05) is 35.9 Å². The molecule has 0 saturated heterocycles. The molecule has 0 aliphatic carbocycles. The van der Waals surface area contributed by atoms with Crippen LogP contribution in [0.15, 0.2) is 47.4 Å². The molecule has 0 atom stereocenters. The molecule has 104 valence electrons. The van der Waals surface area contributed by atoms with E-state index in [9.17, 15) is 4.79 Å². The molecule has 1 N–H and O–H groups in total. The smallest absolute Gasteiger partial charge is 0.216 e. The lowest BCUT2D eigenvalue weighted by molar-refractivity contribution is -0.118. The first-order chi connectivity index (χ1) is 9.56. The third-order valence-electron chi connectivity index (χ3n) is 3.19. The van der Waals surface area contributed by atoms with Gasteiger partial charge >= 0.3 is 0 Å². The Morgan fingerprint density at radius 2 is 2.00 bits per heavy atom. The molecule has 0 radical (unpaired) electrons. The van der Waals surface area contributed by atoms with Crippen LogP contribution in [0.25, 0.3) is 11.1 Å². The number of thiol groups is 1. The molecule has 0 aliphatic heterocycles. The molecule has 0 aromatic heterocycles. The van der Waals surface area contributed by atoms with Crippen LogP contribution in [0.3, 0.4) is 0 Å². The van der Waals surface area contributed by atoms with E-state index < -0.39 is 0 Å². The average molecular weight is 285 g/mol. The van der Waals surface area contributed by atoms with Gasteiger partial charge in [-0.2, -0.15) is 0 Å². The van der Waals surface area contributed by atoms with Crippen molar-refractivity contribution >= 4 is 18.5 Å². The lowest BCUT2D eigenvalue weighted by Gasteiger charge is -2.12. The van der Waals surface area contributed by atoms with Gasteiger partial charge in [0.25, 0.3) is 0 Å². The third kappa shape index (κ3) is 3.87. The van der Waals surface area contributed by atoms with E-state index >= 15 is 0 Å². The van der Waals surface area contributed by atoms with E-state index in [0.29, 0.717) is 6.54 Å². The van der Waals surface area contributed by atoms with Crippen LogP contribution in [0.1, 0.15) is 18.1 Å². The minimum atomic E-state index is 0.00733. The number of nitrogens with one attached hydrogen (secondary N) is 1. The van der Waals surface area contributed by atoms with Crippen LogP contribution in [0.2, 0.25) is 0 Å². The summed E-state index contributed by atoms with van der Waals surface area (Å²) >= 11 is 4.43. The van der Waals surface area contributed by atoms with Gasteiger partial charge in [0.15, 0.2) is 0 Å². The third-order valence-corrected chi connectivity index (χ3v) is 3.47. The number of amides is 1. The van der Waals surface area contributed by atoms with Gasteiger partial charge in [0, 0.05) is 18.4 Å². The Kier molecular flexibility index (Phi) is 4.85. The lowest BCUT2D eigenvalue weighted by atomic mass is 9.96. The predicted octanol–water partition coefficient (Wildman–Crippen LogP) is 3.63. The highest BCUT2D eigenvalue weighted by Gasteiger charge is 2.06. The van der Waals surface area contributed by atoms with E-state index in [1.807, 2.05) is 6.07 Å². The van der Waals surface area contributed by atoms with Crippen molar-refractivity contribution in [2.45, 2.75) is 25.2 Å². The number of hydrogen-bond donors (Lipinski definition) is 2. The number of rotatable bonds is 4. The summed E-state index contributed by atoms with van der Waals surface area (Å²) < 4.78 is 0. The monoisotopic (exact) mass is 285 g/mol. The Hall–Kier alpha value is -1.74. The maximum absolute atomic E-state index is 11.0. The van der Waals surface area contributed by atoms with Crippen molar-refractivity contribution in [3.05, 3.63) is 53.6 Å². The Labute approximate surface area is 125 Å². The number of benzene rings is 2. The normalized spacial score (nSPS) is 10.3. The first kappa shape index (κ1) is 14.7. The van der Waals surface area contributed by atoms with Crippen LogP contribution in [0, 0.1) is 6.92 Å². The Morgan fingerprint density at radius 1 is 1.20 bits per heavy atom. The topological polar surface area (TPSA) is 29.1 Å². The minimum absolute atomic E-state index is 0.00733. The molecule has 0 bridgehead atoms. The fourth-order valence-corrected chi connectivity index (χ4v) is 2.44. The highest BCUT2D eigenvalue weighted by atomic mass is 32.1. The van der Waals surface area contributed by atoms with E-state index in [0.717, 1.165) is 11.3 Å². The molecule has 2 aromatic carbocycles. The van der Waals surface area contributed by atoms with Crippen molar-refractivity contribution in [2.24, 2.45) is 0 Å². The van der Waals surface area contributed by atoms with Crippen molar-refractivity contribution in [1.29, 1.82) is 0 Å². The summed E-state index contributed by atoms with van der Waals surface area (Å²) in [6.45, 7) is 4.28. The first-order valence-electron chi connectivity index (χ1n) is 6.69. The molecule has 2 aromatic rings. The molecule has 0 spiro atoms. The summed E-state index contributed by atoms with van der Waals surface area (Å²) in [5.41, 5.74) is 4.84. The summed E-state index contributed by atoms with van der Waals surface area (Å²) in [7, 11) is 0. The summed E-state index contributed by atoms with van der Waals surface area (Å²) in [6.07, 6.45) is 0.816. The molecule has 0 aliphatic rings. The zero-order chi connectivity index (χ0) is 14.5. The van der Waals surface area contributed by atoms with Gasteiger partial charge in [-0.3, -0.25) is 4.79 Å². The molecular formula is C17H19NOS. The molecule has 0 fully saturated rings. The molecule has 3 heteroatoms. The van der Waals surface area contributed by atoms with Crippen molar-refractivity contribution < 1.29 is 4.79 Å². The first-order valence-corrected chi connectivity index (χ1v) is 7.14. The summed E-state index contributed by atoms with van der Waals surface area (Å²) in [6, 6.07) is 14.6. The van der Waals surface area contributed by atoms with Crippen molar-refractivity contribution in [2.75, 3.05) is 6.54 Å². The molecule has 1 amide bonds. The Bertz CT molecular complexity index is 622. The highest BCUT2D eigenvalue weighted by molar-refractivity contribution is 7.80. The van der Waals surface area contributed by atoms with E-state index in [2.05, 4.69) is 61.3 Å². The minimum Gasteiger partial charge on any atom is -0.356 e. The molecule has 2 nitrogen and oxygen atoms in total. The van der Waals surface area contributed by atoms with Gasteiger partial charge in [-0.05, 0) is 42.2 Å². The zero-order valence-corrected chi connectivity index (χ0v) is 12.7. The predicted molar refractivity (Wildman–Crippen MR) is 86.3 cm³/mol. The molecule has 0 saturated carbocycles. The van der Waals surface area contributed by atoms with Crippen LogP contribution in [0.4, 0.5) is 0 Å². The number of carbonyl (C=O) groups excluding carboxylic acids is 1. The maximum Gasteiger partial charge on any atom is 0.216 e. The van der Waals surface area contributed by atoms with Gasteiger partial charge in [0.05, 0.1) is 0 Å². The fraction of sp³-hybridized carbons (Fsp3) is 0.235. The zero-order valence-electron chi connectivity index (χ0n) is 11.8. The molecule has 2 rings (SSSR count). The number of aryl methyl sites for hydroxylation is 1. The van der Waals surface area contributed by atoms with E-state index in [1.165, 1.54) is 29.2 Å². The van der Waals surface area contributed by atoms with E-state index in [1.54, 1.807) is 0 Å². The van der Waals surface area contributed by atoms with Gasteiger partial charge in [-0.15, -0.1) is 12.6 Å². The Balaban J connectivity index is 2.30. The average Bonchev–Trinajstić information content (AvgIpc) is 2.40. The Morgan fingerprint density at radius 3 is 2.70 bits per heavy atom. The van der Waals surface area contributed by atoms with Gasteiger partial charge in [0.2, 0.25) is 5.91 Å². The van der Waals surface area contributed by atoms with Crippen LogP contribution in [0.5, 0.6) is 0 Å². The second-order valence-corrected chi connectivity index (χ2v) is 5.46. The summed E-state index contributed by atoms with van der Waals surface area (Å²) in [5, 5.41) is 2.84. The van der Waals surface area contributed by atoms with Crippen LogP contribution >= 0.6 is 12.6 Å². The number of hydrogen-bond acceptors (Lipinski definition) is 2. The second kappa shape index (κ2) is 6.62. The van der Waals surface area contributed by atoms with Crippen molar-refractivity contribution in [3.8, 4) is 11.1 Å². The van der Waals surface area contributed by atoms with Crippen LogP contribution in [-0.2, 0) is 11.2 Å². The molecule has 0 heterocycles. The molecule has 0 unspecified atom stereocenters. The summed E-state index contributed by atoms with van der Waals surface area (Å²) in [5.74, 6) is 0.00733. The van der Waals surface area contributed by atoms with Crippen LogP contribution < -0.4 is 5.32 Å². The molecular weight excluding hydrogens is 266 g/mol. The fourth-order valence-electron chi connectivity index (χ4n) is 2.24. The standard InChI is InChI=1S/C17H19NOS/c1-12-4-3-5-15(10-12)17-11-16(20)7-6-14(17)8-9-18-13(2)19/h3-7,10-11,20H,8-9H2,1-2H3,(H,18,19). The molecule has 20 heavy (non-hydrogen) atoms. The van der Waals surface area contributed by atoms with Gasteiger partial charge in [-0.25, -0.2) is 0 Å². The van der Waals surface area contributed by atoms with Crippen molar-refractivity contribution in [3.63, 3.8) is 0 Å². The van der Waals surface area contributed by atoms with Crippen LogP contribution in [-0.4, -0.2) is 12.5 Å². The van der Waals surface area contributed by atoms with Crippen molar-refractivity contribution in [1.82, 2.24) is 5.32 Å². The second-order valence-electron chi connectivity index (χ2n) is 4.94.